The van der Waals surface area contributed by atoms with Gasteiger partial charge in [-0.1, -0.05) is 12.5 Å². The van der Waals surface area contributed by atoms with Crippen molar-refractivity contribution in [1.82, 2.24) is 15.1 Å². The van der Waals surface area contributed by atoms with Gasteiger partial charge < -0.3 is 25.0 Å². The molecule has 2 N–H and O–H groups in total. The van der Waals surface area contributed by atoms with Crippen molar-refractivity contribution >= 4 is 11.7 Å². The van der Waals surface area contributed by atoms with E-state index in [-0.39, 0.29) is 23.2 Å². The van der Waals surface area contributed by atoms with Gasteiger partial charge in [-0.2, -0.15) is 0 Å². The van der Waals surface area contributed by atoms with Crippen molar-refractivity contribution < 1.29 is 23.0 Å². The molecule has 3 atom stereocenters. The Kier molecular flexibility index (Phi) is 8.57. The molecule has 2 amide bonds. The van der Waals surface area contributed by atoms with Gasteiger partial charge >= 0.3 is 6.03 Å². The molecular formula is C30H40F2N4O3. The zero-order valence-corrected chi connectivity index (χ0v) is 23.0. The number of anilines is 1. The number of rotatable bonds is 8. The van der Waals surface area contributed by atoms with Crippen molar-refractivity contribution in [3.05, 3.63) is 53.6 Å². The number of likely N-dealkylation sites (tertiary alicyclic amines) is 2. The van der Waals surface area contributed by atoms with Crippen molar-refractivity contribution in [3.8, 4) is 11.5 Å². The second kappa shape index (κ2) is 12.1. The summed E-state index contributed by atoms with van der Waals surface area (Å²) in [6.45, 7) is 5.43. The van der Waals surface area contributed by atoms with Gasteiger partial charge in [-0.3, -0.25) is 4.90 Å². The monoisotopic (exact) mass is 542 g/mol. The molecule has 3 aliphatic rings. The summed E-state index contributed by atoms with van der Waals surface area (Å²) in [6.07, 6.45) is 7.52. The Morgan fingerprint density at radius 2 is 1.74 bits per heavy atom. The quantitative estimate of drug-likeness (QED) is 0.483. The Morgan fingerprint density at radius 1 is 0.949 bits per heavy atom. The fourth-order valence-electron chi connectivity index (χ4n) is 6.91. The van der Waals surface area contributed by atoms with Gasteiger partial charge in [0.1, 0.15) is 0 Å². The van der Waals surface area contributed by atoms with Gasteiger partial charge in [0.25, 0.3) is 0 Å². The molecule has 2 aromatic carbocycles. The second-order valence-electron chi connectivity index (χ2n) is 11.1. The molecule has 7 nitrogen and oxygen atoms in total. The molecule has 2 aliphatic heterocycles. The molecule has 3 fully saturated rings. The number of hydrogen-bond donors (Lipinski definition) is 2. The second-order valence-corrected chi connectivity index (χ2v) is 11.1. The van der Waals surface area contributed by atoms with Crippen LogP contribution in [-0.4, -0.2) is 74.9 Å². The van der Waals surface area contributed by atoms with Crippen molar-refractivity contribution in [2.24, 2.45) is 0 Å². The number of carbonyl (C=O) groups is 1. The third-order valence-corrected chi connectivity index (χ3v) is 8.99. The summed E-state index contributed by atoms with van der Waals surface area (Å²) >= 11 is 0. The molecule has 0 radical (unpaired) electrons. The van der Waals surface area contributed by atoms with Crippen LogP contribution in [-0.2, 0) is 5.41 Å². The number of hydrogen-bond acceptors (Lipinski definition) is 5. The lowest BCUT2D eigenvalue weighted by molar-refractivity contribution is 0.117. The van der Waals surface area contributed by atoms with Crippen LogP contribution < -0.4 is 20.1 Å². The molecule has 9 heteroatoms. The third kappa shape index (κ3) is 5.99. The first-order chi connectivity index (χ1) is 18.9. The fraction of sp³-hybridized carbons (Fsp3) is 0.567. The van der Waals surface area contributed by atoms with E-state index < -0.39 is 17.7 Å². The van der Waals surface area contributed by atoms with Crippen LogP contribution in [0.15, 0.2) is 36.4 Å². The first-order valence-corrected chi connectivity index (χ1v) is 14.1. The fourth-order valence-corrected chi connectivity index (χ4v) is 6.91. The number of nitrogens with zero attached hydrogens (tertiary/aromatic N) is 2. The number of piperidine rings is 1. The molecule has 2 saturated heterocycles. The highest BCUT2D eigenvalue weighted by atomic mass is 19.2. The van der Waals surface area contributed by atoms with Gasteiger partial charge in [0.05, 0.1) is 14.2 Å². The number of halogens is 2. The average molecular weight is 543 g/mol. The van der Waals surface area contributed by atoms with E-state index in [1.165, 1.54) is 44.0 Å². The maximum absolute atomic E-state index is 13.6. The van der Waals surface area contributed by atoms with Gasteiger partial charge in [-0.25, -0.2) is 13.6 Å². The Balaban J connectivity index is 1.32. The number of urea groups is 1. The van der Waals surface area contributed by atoms with Gasteiger partial charge in [0.2, 0.25) is 0 Å². The molecule has 39 heavy (non-hydrogen) atoms. The summed E-state index contributed by atoms with van der Waals surface area (Å²) in [5.41, 5.74) is 1.46. The van der Waals surface area contributed by atoms with Crippen LogP contribution in [0, 0.1) is 11.6 Å². The molecule has 0 unspecified atom stereocenters. The maximum Gasteiger partial charge on any atom is 0.319 e. The zero-order valence-electron chi connectivity index (χ0n) is 23.0. The van der Waals surface area contributed by atoms with Crippen molar-refractivity contribution in [3.63, 3.8) is 0 Å². The lowest BCUT2D eigenvalue weighted by atomic mass is 9.65. The van der Waals surface area contributed by atoms with Crippen molar-refractivity contribution in [2.75, 3.05) is 52.3 Å². The largest absolute Gasteiger partial charge is 0.493 e. The first-order valence-electron chi connectivity index (χ1n) is 14.1. The number of amides is 2. The van der Waals surface area contributed by atoms with Gasteiger partial charge in [-0.15, -0.1) is 0 Å². The molecule has 0 aromatic heterocycles. The summed E-state index contributed by atoms with van der Waals surface area (Å²) in [5, 5.41) is 5.76. The molecule has 0 bridgehead atoms. The van der Waals surface area contributed by atoms with Crippen molar-refractivity contribution in [1.29, 1.82) is 0 Å². The molecule has 2 heterocycles. The summed E-state index contributed by atoms with van der Waals surface area (Å²) in [7, 11) is 3.32. The van der Waals surface area contributed by atoms with Crippen molar-refractivity contribution in [2.45, 2.75) is 62.4 Å². The van der Waals surface area contributed by atoms with Gasteiger partial charge in [0.15, 0.2) is 23.1 Å². The number of carbonyl (C=O) groups excluding carboxylic acids is 1. The van der Waals surface area contributed by atoms with E-state index in [9.17, 15) is 13.6 Å². The number of methoxy groups -OCH3 is 2. The van der Waals surface area contributed by atoms with Gasteiger partial charge in [-0.05, 0) is 88.0 Å². The Labute approximate surface area is 229 Å². The molecule has 1 aliphatic carbocycles. The van der Waals surface area contributed by atoms with Crippen LogP contribution in [0.5, 0.6) is 11.5 Å². The highest BCUT2D eigenvalue weighted by Gasteiger charge is 2.51. The summed E-state index contributed by atoms with van der Waals surface area (Å²) < 4.78 is 38.1. The molecular weight excluding hydrogens is 502 g/mol. The number of nitrogens with one attached hydrogen (secondary N) is 2. The van der Waals surface area contributed by atoms with Crippen LogP contribution in [0.2, 0.25) is 0 Å². The molecule has 1 saturated carbocycles. The SMILES string of the molecule is COc1ccc([C@@]23CC[C@@H](NC(=O)Nc4ccc(F)c(F)c4)C[C@@H]2N(CCN2CCCCC2)CC3)cc1OC. The lowest BCUT2D eigenvalue weighted by Crippen LogP contribution is -2.53. The smallest absolute Gasteiger partial charge is 0.319 e. The van der Waals surface area contributed by atoms with Crippen LogP contribution in [0.3, 0.4) is 0 Å². The highest BCUT2D eigenvalue weighted by Crippen LogP contribution is 2.50. The summed E-state index contributed by atoms with van der Waals surface area (Å²) in [5.74, 6) is -0.467. The predicted octanol–water partition coefficient (Wildman–Crippen LogP) is 5.15. The predicted molar refractivity (Wildman–Crippen MR) is 148 cm³/mol. The van der Waals surface area contributed by atoms with Gasteiger partial charge in [0, 0.05) is 42.3 Å². The zero-order chi connectivity index (χ0) is 27.4. The highest BCUT2D eigenvalue weighted by molar-refractivity contribution is 5.89. The van der Waals surface area contributed by atoms with E-state index in [4.69, 9.17) is 9.47 Å². The average Bonchev–Trinajstić information content (AvgIpc) is 3.33. The van der Waals surface area contributed by atoms with E-state index >= 15 is 0 Å². The van der Waals surface area contributed by atoms with E-state index in [1.807, 2.05) is 6.07 Å². The first kappa shape index (κ1) is 27.6. The molecule has 0 spiro atoms. The minimum Gasteiger partial charge on any atom is -0.493 e. The molecule has 5 rings (SSSR count). The van der Waals surface area contributed by atoms with E-state index in [0.717, 1.165) is 68.9 Å². The number of fused-ring (bicyclic) bond motifs is 1. The molecule has 212 valence electrons. The topological polar surface area (TPSA) is 66.1 Å². The normalized spacial score (nSPS) is 25.6. The van der Waals surface area contributed by atoms with Crippen LogP contribution in [0.4, 0.5) is 19.3 Å². The van der Waals surface area contributed by atoms with Crippen LogP contribution >= 0.6 is 0 Å². The van der Waals surface area contributed by atoms with Crippen LogP contribution in [0.1, 0.15) is 50.5 Å². The van der Waals surface area contributed by atoms with Crippen LogP contribution in [0.25, 0.3) is 0 Å². The standard InChI is InChI=1S/C30H40F2N4O3/c1-38-26-9-6-21(18-27(26)39-2)30-11-10-23(34-29(37)33-22-7-8-24(31)25(32)19-22)20-28(30)36(15-12-30)17-16-35-13-4-3-5-14-35/h6-9,18-19,23,28H,3-5,10-17,20H2,1-2H3,(H2,33,34,37)/t23-,28+,30+/m1/s1. The minimum atomic E-state index is -0.986. The van der Waals surface area contributed by atoms with E-state index in [1.54, 1.807) is 14.2 Å². The Hall–Kier alpha value is -2.91. The lowest BCUT2D eigenvalue weighted by Gasteiger charge is -2.46. The maximum atomic E-state index is 13.6. The third-order valence-electron chi connectivity index (χ3n) is 8.99. The minimum absolute atomic E-state index is 0.0239. The Morgan fingerprint density at radius 3 is 2.49 bits per heavy atom. The number of ether oxygens (including phenoxy) is 2. The molecule has 2 aromatic rings. The Bertz CT molecular complexity index is 1160. The summed E-state index contributed by atoms with van der Waals surface area (Å²) in [6, 6.07) is 9.51. The van der Waals surface area contributed by atoms with E-state index in [2.05, 4.69) is 32.6 Å². The van der Waals surface area contributed by atoms with E-state index in [0.29, 0.717) is 0 Å². The summed E-state index contributed by atoms with van der Waals surface area (Å²) in [4.78, 5) is 18.0. The number of benzene rings is 2.